The number of ketones is 1. The summed E-state index contributed by atoms with van der Waals surface area (Å²) in [4.78, 5) is 34.4. The lowest BCUT2D eigenvalue weighted by atomic mass is 9.95. The molecular weight excluding hydrogens is 422 g/mol. The van der Waals surface area contributed by atoms with Gasteiger partial charge in [-0.1, -0.05) is 26.0 Å². The molecule has 172 valence electrons. The van der Waals surface area contributed by atoms with E-state index in [0.717, 1.165) is 13.1 Å². The summed E-state index contributed by atoms with van der Waals surface area (Å²) in [6.07, 6.45) is 3.21. The van der Waals surface area contributed by atoms with Gasteiger partial charge in [-0.05, 0) is 42.9 Å². The third kappa shape index (κ3) is 4.09. The number of aliphatic hydroxyl groups excluding tert-OH is 1. The number of pyridine rings is 1. The van der Waals surface area contributed by atoms with E-state index in [-0.39, 0.29) is 11.3 Å². The number of para-hydroxylation sites is 1. The minimum absolute atomic E-state index is 0.00349. The van der Waals surface area contributed by atoms with Crippen molar-refractivity contribution >= 4 is 22.7 Å². The van der Waals surface area contributed by atoms with E-state index in [2.05, 4.69) is 23.7 Å². The Bertz CT molecular complexity index is 1200. The molecule has 1 aliphatic rings. The van der Waals surface area contributed by atoms with Gasteiger partial charge in [0.1, 0.15) is 0 Å². The Hall–Kier alpha value is -3.65. The number of fused-ring (bicyclic) bond motifs is 1. The lowest BCUT2D eigenvalue weighted by molar-refractivity contribution is -0.129. The van der Waals surface area contributed by atoms with Crippen LogP contribution < -0.4 is 4.74 Å². The minimum atomic E-state index is -0.737. The normalized spacial score (nSPS) is 16.3. The maximum absolute atomic E-state index is 13.6. The number of ether oxygens (including phenoxy) is 1. The molecule has 3 aromatic rings. The van der Waals surface area contributed by atoms with Gasteiger partial charge in [-0.25, -0.2) is 0 Å². The molecule has 4 rings (SSSR count). The van der Waals surface area contributed by atoms with Crippen LogP contribution in [0.5, 0.6) is 5.75 Å². The van der Waals surface area contributed by atoms with Crippen molar-refractivity contribution in [1.29, 1.82) is 0 Å². The number of hydrogen-bond donors (Lipinski definition) is 1. The Kier molecular flexibility index (Phi) is 6.46. The van der Waals surface area contributed by atoms with Crippen LogP contribution >= 0.6 is 0 Å². The standard InChI is InChI=1S/C25H27N3O5/c1-4-27(5-2)13-14-28-21(16-9-11-26-12-10-16)20(23(30)25(28)31)22(29)19-15-17-7-6-8-18(32-3)24(17)33-19/h6-12,15,21,30H,4-5,13-14H2,1-3H3/t21-/m0/s1. The number of rotatable bonds is 9. The van der Waals surface area contributed by atoms with E-state index in [4.69, 9.17) is 9.15 Å². The van der Waals surface area contributed by atoms with Gasteiger partial charge >= 0.3 is 0 Å². The van der Waals surface area contributed by atoms with E-state index in [1.807, 2.05) is 6.07 Å². The van der Waals surface area contributed by atoms with Gasteiger partial charge in [-0.15, -0.1) is 0 Å². The molecule has 8 heteroatoms. The lowest BCUT2D eigenvalue weighted by Crippen LogP contribution is -2.38. The second-order valence-electron chi connectivity index (χ2n) is 7.79. The van der Waals surface area contributed by atoms with E-state index in [1.165, 1.54) is 7.11 Å². The maximum atomic E-state index is 13.6. The summed E-state index contributed by atoms with van der Waals surface area (Å²) >= 11 is 0. The molecule has 0 fully saturated rings. The number of hydrogen-bond acceptors (Lipinski definition) is 7. The number of amides is 1. The van der Waals surface area contributed by atoms with E-state index >= 15 is 0 Å². The second-order valence-corrected chi connectivity index (χ2v) is 7.79. The number of likely N-dealkylation sites (N-methyl/N-ethyl adjacent to an activating group) is 1. The number of nitrogens with zero attached hydrogens (tertiary/aromatic N) is 3. The van der Waals surface area contributed by atoms with Crippen molar-refractivity contribution in [1.82, 2.24) is 14.8 Å². The van der Waals surface area contributed by atoms with Crippen molar-refractivity contribution in [2.75, 3.05) is 33.3 Å². The predicted octanol–water partition coefficient (Wildman–Crippen LogP) is 3.76. The summed E-state index contributed by atoms with van der Waals surface area (Å²) in [5.74, 6) is -1.12. The molecule has 0 radical (unpaired) electrons. The minimum Gasteiger partial charge on any atom is -0.503 e. The van der Waals surface area contributed by atoms with Gasteiger partial charge in [-0.3, -0.25) is 14.6 Å². The molecular formula is C25H27N3O5. The number of methoxy groups -OCH3 is 1. The molecule has 0 saturated heterocycles. The summed E-state index contributed by atoms with van der Waals surface area (Å²) in [7, 11) is 1.52. The Morgan fingerprint density at radius 1 is 1.21 bits per heavy atom. The van der Waals surface area contributed by atoms with Crippen molar-refractivity contribution in [3.8, 4) is 5.75 Å². The molecule has 0 bridgehead atoms. The Morgan fingerprint density at radius 2 is 1.94 bits per heavy atom. The molecule has 2 aromatic heterocycles. The average molecular weight is 450 g/mol. The van der Waals surface area contributed by atoms with E-state index in [1.54, 1.807) is 47.6 Å². The van der Waals surface area contributed by atoms with Crippen LogP contribution in [0.4, 0.5) is 0 Å². The molecule has 3 heterocycles. The van der Waals surface area contributed by atoms with Crippen LogP contribution in [0.25, 0.3) is 11.0 Å². The highest BCUT2D eigenvalue weighted by molar-refractivity contribution is 6.16. The quantitative estimate of drug-likeness (QED) is 0.497. The van der Waals surface area contributed by atoms with Crippen LogP contribution in [0.15, 0.2) is 64.5 Å². The molecule has 0 spiro atoms. The molecule has 0 aliphatic carbocycles. The maximum Gasteiger partial charge on any atom is 0.290 e. The molecule has 1 aliphatic heterocycles. The highest BCUT2D eigenvalue weighted by atomic mass is 16.5. The first-order chi connectivity index (χ1) is 16.0. The molecule has 1 atom stereocenters. The van der Waals surface area contributed by atoms with Crippen LogP contribution in [-0.4, -0.2) is 64.9 Å². The van der Waals surface area contributed by atoms with Gasteiger partial charge in [0.15, 0.2) is 22.9 Å². The molecule has 33 heavy (non-hydrogen) atoms. The largest absolute Gasteiger partial charge is 0.503 e. The number of aromatic nitrogens is 1. The van der Waals surface area contributed by atoms with Crippen molar-refractivity contribution in [3.05, 3.63) is 71.4 Å². The molecule has 0 unspecified atom stereocenters. The van der Waals surface area contributed by atoms with Crippen molar-refractivity contribution < 1.29 is 23.8 Å². The fourth-order valence-electron chi connectivity index (χ4n) is 4.24. The summed E-state index contributed by atoms with van der Waals surface area (Å²) in [5.41, 5.74) is 1.13. The third-order valence-electron chi connectivity index (χ3n) is 6.07. The molecule has 1 amide bonds. The van der Waals surface area contributed by atoms with E-state index in [0.29, 0.717) is 35.4 Å². The second kappa shape index (κ2) is 9.46. The van der Waals surface area contributed by atoms with E-state index < -0.39 is 23.5 Å². The highest BCUT2D eigenvalue weighted by Gasteiger charge is 2.44. The fraction of sp³-hybridized carbons (Fsp3) is 0.320. The van der Waals surface area contributed by atoms with Gasteiger partial charge in [0, 0.05) is 30.9 Å². The highest BCUT2D eigenvalue weighted by Crippen LogP contribution is 2.40. The third-order valence-corrected chi connectivity index (χ3v) is 6.07. The Morgan fingerprint density at radius 3 is 2.61 bits per heavy atom. The molecule has 1 N–H and O–H groups in total. The smallest absolute Gasteiger partial charge is 0.290 e. The fourth-order valence-corrected chi connectivity index (χ4v) is 4.24. The van der Waals surface area contributed by atoms with Crippen molar-refractivity contribution in [2.45, 2.75) is 19.9 Å². The first-order valence-corrected chi connectivity index (χ1v) is 11.0. The molecule has 0 saturated carbocycles. The Labute approximate surface area is 192 Å². The van der Waals surface area contributed by atoms with Gasteiger partial charge in [0.2, 0.25) is 5.78 Å². The summed E-state index contributed by atoms with van der Waals surface area (Å²) in [6, 6.07) is 9.71. The first kappa shape index (κ1) is 22.5. The van der Waals surface area contributed by atoms with Crippen molar-refractivity contribution in [2.24, 2.45) is 0 Å². The molecule has 1 aromatic carbocycles. The zero-order valence-electron chi connectivity index (χ0n) is 18.9. The summed E-state index contributed by atoms with van der Waals surface area (Å²) in [6.45, 7) is 6.76. The van der Waals surface area contributed by atoms with Crippen LogP contribution in [-0.2, 0) is 4.79 Å². The van der Waals surface area contributed by atoms with Crippen LogP contribution in [0.3, 0.4) is 0 Å². The summed E-state index contributed by atoms with van der Waals surface area (Å²) in [5, 5.41) is 11.5. The van der Waals surface area contributed by atoms with Gasteiger partial charge in [0.25, 0.3) is 5.91 Å². The van der Waals surface area contributed by atoms with Crippen LogP contribution in [0.1, 0.15) is 36.0 Å². The summed E-state index contributed by atoms with van der Waals surface area (Å²) < 4.78 is 11.2. The predicted molar refractivity (Wildman–Crippen MR) is 123 cm³/mol. The Balaban J connectivity index is 1.75. The number of Topliss-reactive ketones (excluding diaryl/α,β-unsaturated/α-hetero) is 1. The monoisotopic (exact) mass is 449 g/mol. The van der Waals surface area contributed by atoms with Gasteiger partial charge < -0.3 is 24.1 Å². The van der Waals surface area contributed by atoms with Gasteiger partial charge in [0.05, 0.1) is 18.7 Å². The number of furan rings is 1. The lowest BCUT2D eigenvalue weighted by Gasteiger charge is -2.29. The number of carbonyl (C=O) groups is 2. The SMILES string of the molecule is CCN(CC)CCN1C(=O)C(O)=C(C(=O)c2cc3cccc(OC)c3o2)[C@@H]1c1ccncc1. The van der Waals surface area contributed by atoms with Crippen molar-refractivity contribution in [3.63, 3.8) is 0 Å². The number of aliphatic hydroxyl groups is 1. The first-order valence-electron chi connectivity index (χ1n) is 11.0. The van der Waals surface area contributed by atoms with Crippen LogP contribution in [0, 0.1) is 0 Å². The zero-order valence-corrected chi connectivity index (χ0v) is 18.9. The number of carbonyl (C=O) groups excluding carboxylic acids is 2. The molecule has 8 nitrogen and oxygen atoms in total. The van der Waals surface area contributed by atoms with Crippen LogP contribution in [0.2, 0.25) is 0 Å². The van der Waals surface area contributed by atoms with E-state index in [9.17, 15) is 14.7 Å². The topological polar surface area (TPSA) is 96.1 Å². The number of benzene rings is 1. The van der Waals surface area contributed by atoms with Gasteiger partial charge in [-0.2, -0.15) is 0 Å². The average Bonchev–Trinajstić information content (AvgIpc) is 3.39. The zero-order chi connectivity index (χ0) is 23.5.